The smallest absolute Gasteiger partial charge is 0.403 e. The van der Waals surface area contributed by atoms with E-state index in [4.69, 9.17) is 18.9 Å². The number of hydrogen-bond donors (Lipinski definition) is 2. The fraction of sp³-hybridized carbons (Fsp3) is 0.793. The SMILES string of the molecule is C=C(C)C(=O)OCC(O)COC1CCC(C(C2CCC(OCC(O)COC(=O)C(=C)C)CC2)(C(F)(F)F)C(F)(F)F)CC1. The first-order chi connectivity index (χ1) is 19.9. The molecule has 2 rings (SSSR count). The van der Waals surface area contributed by atoms with Gasteiger partial charge in [0.05, 0.1) is 25.4 Å². The van der Waals surface area contributed by atoms with Gasteiger partial charge in [-0.2, -0.15) is 26.3 Å². The number of alkyl halides is 6. The molecule has 0 aliphatic heterocycles. The van der Waals surface area contributed by atoms with Crippen molar-refractivity contribution in [2.45, 2.75) is 102 Å². The lowest BCUT2D eigenvalue weighted by Gasteiger charge is -2.51. The van der Waals surface area contributed by atoms with E-state index in [-0.39, 0.29) is 88.9 Å². The second-order valence-corrected chi connectivity index (χ2v) is 11.5. The summed E-state index contributed by atoms with van der Waals surface area (Å²) >= 11 is 0. The molecule has 0 aromatic carbocycles. The van der Waals surface area contributed by atoms with E-state index in [1.54, 1.807) is 0 Å². The Hall–Kier alpha value is -2.16. The first kappa shape index (κ1) is 37.0. The second-order valence-electron chi connectivity index (χ2n) is 11.5. The van der Waals surface area contributed by atoms with Crippen molar-refractivity contribution < 1.29 is 65.1 Å². The Morgan fingerprint density at radius 2 is 0.953 bits per heavy atom. The highest BCUT2D eigenvalue weighted by molar-refractivity contribution is 5.87. The highest BCUT2D eigenvalue weighted by atomic mass is 19.4. The third kappa shape index (κ3) is 9.92. The molecule has 2 aliphatic rings. The molecule has 0 amide bonds. The van der Waals surface area contributed by atoms with Crippen molar-refractivity contribution in [3.8, 4) is 0 Å². The lowest BCUT2D eigenvalue weighted by Crippen LogP contribution is -2.61. The average molecular weight is 633 g/mol. The van der Waals surface area contributed by atoms with Gasteiger partial charge in [0.1, 0.15) is 25.4 Å². The fourth-order valence-corrected chi connectivity index (χ4v) is 5.97. The summed E-state index contributed by atoms with van der Waals surface area (Å²) in [6.07, 6.45) is -16.5. The van der Waals surface area contributed by atoms with Gasteiger partial charge in [0.2, 0.25) is 0 Å². The van der Waals surface area contributed by atoms with Crippen LogP contribution in [0, 0.1) is 17.3 Å². The van der Waals surface area contributed by atoms with Crippen LogP contribution in [0.4, 0.5) is 26.3 Å². The molecule has 2 aliphatic carbocycles. The maximum atomic E-state index is 14.6. The van der Waals surface area contributed by atoms with Crippen LogP contribution in [0.2, 0.25) is 0 Å². The largest absolute Gasteiger partial charge is 0.460 e. The molecule has 2 saturated carbocycles. The monoisotopic (exact) mass is 632 g/mol. The maximum absolute atomic E-state index is 14.6. The molecule has 0 aromatic rings. The number of rotatable bonds is 14. The summed E-state index contributed by atoms with van der Waals surface area (Å²) in [5, 5.41) is 19.9. The first-order valence-corrected chi connectivity index (χ1v) is 14.3. The first-order valence-electron chi connectivity index (χ1n) is 14.3. The predicted molar refractivity (Wildman–Crippen MR) is 141 cm³/mol. The topological polar surface area (TPSA) is 112 Å². The average Bonchev–Trinajstić information content (AvgIpc) is 2.92. The van der Waals surface area contributed by atoms with Gasteiger partial charge in [-0.25, -0.2) is 9.59 Å². The van der Waals surface area contributed by atoms with Crippen LogP contribution < -0.4 is 0 Å². The number of carbonyl (C=O) groups excluding carboxylic acids is 2. The Morgan fingerprint density at radius 3 is 1.21 bits per heavy atom. The van der Waals surface area contributed by atoms with Gasteiger partial charge in [0.15, 0.2) is 5.41 Å². The lowest BCUT2D eigenvalue weighted by molar-refractivity contribution is -0.383. The maximum Gasteiger partial charge on any atom is 0.403 e. The number of aliphatic hydroxyl groups is 2. The number of esters is 2. The van der Waals surface area contributed by atoms with Crippen molar-refractivity contribution in [2.75, 3.05) is 26.4 Å². The Labute approximate surface area is 247 Å². The molecule has 2 atom stereocenters. The minimum absolute atomic E-state index is 0.0524. The van der Waals surface area contributed by atoms with E-state index in [1.165, 1.54) is 13.8 Å². The van der Waals surface area contributed by atoms with Gasteiger partial charge in [-0.05, 0) is 77.0 Å². The summed E-state index contributed by atoms with van der Waals surface area (Å²) in [5.74, 6) is -4.84. The zero-order valence-electron chi connectivity index (χ0n) is 24.5. The lowest BCUT2D eigenvalue weighted by atomic mass is 9.57. The minimum Gasteiger partial charge on any atom is -0.460 e. The highest BCUT2D eigenvalue weighted by Gasteiger charge is 2.76. The fourth-order valence-electron chi connectivity index (χ4n) is 5.97. The molecule has 0 radical (unpaired) electrons. The van der Waals surface area contributed by atoms with Crippen molar-refractivity contribution in [2.24, 2.45) is 17.3 Å². The molecule has 2 unspecified atom stereocenters. The van der Waals surface area contributed by atoms with Crippen LogP contribution in [0.1, 0.15) is 65.2 Å². The van der Waals surface area contributed by atoms with Crippen LogP contribution in [0.5, 0.6) is 0 Å². The molecule has 2 fully saturated rings. The van der Waals surface area contributed by atoms with Crippen molar-refractivity contribution in [3.05, 3.63) is 24.3 Å². The molecule has 43 heavy (non-hydrogen) atoms. The molecule has 14 heteroatoms. The summed E-state index contributed by atoms with van der Waals surface area (Å²) in [4.78, 5) is 22.8. The molecule has 8 nitrogen and oxygen atoms in total. The molecular formula is C29H42F6O8. The van der Waals surface area contributed by atoms with Crippen molar-refractivity contribution in [3.63, 3.8) is 0 Å². The molecule has 0 saturated heterocycles. The van der Waals surface area contributed by atoms with Crippen LogP contribution in [0.3, 0.4) is 0 Å². The van der Waals surface area contributed by atoms with E-state index < -0.39 is 66.0 Å². The minimum atomic E-state index is -5.55. The molecule has 248 valence electrons. The third-order valence-electron chi connectivity index (χ3n) is 8.13. The molecule has 0 heterocycles. The zero-order valence-corrected chi connectivity index (χ0v) is 24.5. The van der Waals surface area contributed by atoms with Crippen LogP contribution >= 0.6 is 0 Å². The standard InChI is InChI=1S/C29H42F6O8/c1-17(2)25(38)42-15-21(36)13-40-23-9-5-19(6-10-23)27(28(30,31)32,29(33,34)35)20-7-11-24(12-8-20)41-14-22(37)16-43-26(39)18(3)4/h19-24,36-37H,1,3,5-16H2,2,4H3. The Morgan fingerprint density at radius 1 is 0.651 bits per heavy atom. The van der Waals surface area contributed by atoms with Crippen LogP contribution in [-0.4, -0.2) is 85.3 Å². The van der Waals surface area contributed by atoms with Crippen molar-refractivity contribution >= 4 is 11.9 Å². The highest BCUT2D eigenvalue weighted by Crippen LogP contribution is 2.64. The van der Waals surface area contributed by atoms with Crippen LogP contribution in [0.25, 0.3) is 0 Å². The summed E-state index contributed by atoms with van der Waals surface area (Å²) in [7, 11) is 0. The number of aliphatic hydroxyl groups excluding tert-OH is 2. The summed E-state index contributed by atoms with van der Waals surface area (Å²) in [6.45, 7) is 8.28. The Bertz CT molecular complexity index is 874. The summed E-state index contributed by atoms with van der Waals surface area (Å²) in [6, 6.07) is 0. The van der Waals surface area contributed by atoms with Gasteiger partial charge in [-0.3, -0.25) is 0 Å². The molecule has 0 aromatic heterocycles. The van der Waals surface area contributed by atoms with Gasteiger partial charge < -0.3 is 29.2 Å². The van der Waals surface area contributed by atoms with Crippen molar-refractivity contribution in [1.29, 1.82) is 0 Å². The predicted octanol–water partition coefficient (Wildman–Crippen LogP) is 5.21. The number of halogens is 6. The van der Waals surface area contributed by atoms with E-state index in [2.05, 4.69) is 13.2 Å². The third-order valence-corrected chi connectivity index (χ3v) is 8.13. The van der Waals surface area contributed by atoms with Gasteiger partial charge in [0.25, 0.3) is 0 Å². The number of hydrogen-bond acceptors (Lipinski definition) is 8. The van der Waals surface area contributed by atoms with Crippen LogP contribution in [0.15, 0.2) is 24.3 Å². The zero-order chi connectivity index (χ0) is 32.6. The van der Waals surface area contributed by atoms with E-state index in [1.807, 2.05) is 0 Å². The normalized spacial score (nSPS) is 25.0. The van der Waals surface area contributed by atoms with Gasteiger partial charge in [-0.15, -0.1) is 0 Å². The Balaban J connectivity index is 1.99. The van der Waals surface area contributed by atoms with E-state index in [0.717, 1.165) is 0 Å². The van der Waals surface area contributed by atoms with E-state index >= 15 is 0 Å². The summed E-state index contributed by atoms with van der Waals surface area (Å²) < 4.78 is 108. The van der Waals surface area contributed by atoms with Crippen molar-refractivity contribution in [1.82, 2.24) is 0 Å². The van der Waals surface area contributed by atoms with Gasteiger partial charge in [0, 0.05) is 11.1 Å². The molecule has 0 spiro atoms. The molecule has 2 N–H and O–H groups in total. The van der Waals surface area contributed by atoms with E-state index in [9.17, 15) is 46.1 Å². The van der Waals surface area contributed by atoms with E-state index in [0.29, 0.717) is 0 Å². The molecule has 0 bridgehead atoms. The number of carbonyl (C=O) groups is 2. The van der Waals surface area contributed by atoms with Gasteiger partial charge >= 0.3 is 24.3 Å². The quantitative estimate of drug-likeness (QED) is 0.153. The Kier molecular flexibility index (Phi) is 13.5. The second kappa shape index (κ2) is 15.7. The van der Waals surface area contributed by atoms with Gasteiger partial charge in [-0.1, -0.05) is 13.2 Å². The molecular weight excluding hydrogens is 590 g/mol. The number of ether oxygens (including phenoxy) is 4. The summed E-state index contributed by atoms with van der Waals surface area (Å²) in [5.41, 5.74) is -3.65. The van der Waals surface area contributed by atoms with Crippen LogP contribution in [-0.2, 0) is 28.5 Å².